The molecule has 2 aromatic rings. The highest BCUT2D eigenvalue weighted by atomic mass is 32.2. The van der Waals surface area contributed by atoms with Crippen LogP contribution in [0.25, 0.3) is 0 Å². The Balaban J connectivity index is 1.41. The van der Waals surface area contributed by atoms with Crippen LogP contribution in [0, 0.1) is 23.6 Å². The van der Waals surface area contributed by atoms with Gasteiger partial charge in [-0.15, -0.1) is 10.2 Å². The Kier molecular flexibility index (Phi) is 5.43. The van der Waals surface area contributed by atoms with Crippen molar-refractivity contribution in [2.45, 2.75) is 62.1 Å². The van der Waals surface area contributed by atoms with Crippen LogP contribution in [0.2, 0.25) is 0 Å². The maximum absolute atomic E-state index is 14.0. The molecule has 6 nitrogen and oxygen atoms in total. The second kappa shape index (κ2) is 8.21. The number of rotatable bonds is 7. The number of thioether (sulfide) groups is 1. The first kappa shape index (κ1) is 19.8. The number of halogens is 1. The smallest absolute Gasteiger partial charge is 0.319 e. The Morgan fingerprint density at radius 3 is 2.83 bits per heavy atom. The Bertz CT molecular complexity index is 936. The minimum Gasteiger partial charge on any atom is -0.483 e. The van der Waals surface area contributed by atoms with E-state index in [0.29, 0.717) is 24.8 Å². The topological polar surface area (TPSA) is 66.2 Å². The molecule has 5 rings (SSSR count). The summed E-state index contributed by atoms with van der Waals surface area (Å²) in [6.07, 6.45) is 5.86. The molecule has 0 spiro atoms. The summed E-state index contributed by atoms with van der Waals surface area (Å²) >= 11 is 1.42. The highest BCUT2D eigenvalue weighted by Crippen LogP contribution is 2.52. The van der Waals surface area contributed by atoms with Gasteiger partial charge in [0.05, 0.1) is 6.61 Å². The standard InChI is InChI=1S/C22H26FN3O3S/c1-13(16-11-14-6-7-15(16)10-14)26-20(12-29-18-5-3-2-4-17(18)23)24-25-22(26)30-19-8-9-28-21(19)27/h2-5,13-16,19H,6-12H2,1H3/t13-,14+,15+,16+,19-/m1/s1. The van der Waals surface area contributed by atoms with Crippen molar-refractivity contribution in [2.75, 3.05) is 6.61 Å². The zero-order valence-electron chi connectivity index (χ0n) is 17.0. The number of benzene rings is 1. The predicted octanol–water partition coefficient (Wildman–Crippen LogP) is 4.40. The number of para-hydroxylation sites is 1. The van der Waals surface area contributed by atoms with E-state index in [2.05, 4.69) is 21.7 Å². The number of carbonyl (C=O) groups is 1. The van der Waals surface area contributed by atoms with E-state index in [-0.39, 0.29) is 29.6 Å². The third kappa shape index (κ3) is 3.70. The third-order valence-corrected chi connectivity index (χ3v) is 8.09. The van der Waals surface area contributed by atoms with E-state index in [1.54, 1.807) is 18.2 Å². The van der Waals surface area contributed by atoms with Gasteiger partial charge in [0.2, 0.25) is 0 Å². The molecule has 8 heteroatoms. The lowest BCUT2D eigenvalue weighted by atomic mass is 9.84. The molecule has 30 heavy (non-hydrogen) atoms. The zero-order chi connectivity index (χ0) is 20.7. The maximum Gasteiger partial charge on any atom is 0.319 e. The summed E-state index contributed by atoms with van der Waals surface area (Å²) in [5.74, 6) is 2.43. The van der Waals surface area contributed by atoms with Crippen molar-refractivity contribution < 1.29 is 18.7 Å². The molecule has 2 heterocycles. The van der Waals surface area contributed by atoms with Gasteiger partial charge in [-0.2, -0.15) is 0 Å². The highest BCUT2D eigenvalue weighted by Gasteiger charge is 2.43. The van der Waals surface area contributed by atoms with E-state index in [1.165, 1.54) is 43.5 Å². The largest absolute Gasteiger partial charge is 0.483 e. The molecule has 1 aliphatic heterocycles. The van der Waals surface area contributed by atoms with Gasteiger partial charge in [-0.1, -0.05) is 30.3 Å². The number of fused-ring (bicyclic) bond motifs is 2. The summed E-state index contributed by atoms with van der Waals surface area (Å²) in [7, 11) is 0. The Morgan fingerprint density at radius 1 is 1.27 bits per heavy atom. The molecule has 5 atom stereocenters. The van der Waals surface area contributed by atoms with E-state index < -0.39 is 5.82 Å². The SMILES string of the molecule is C[C@H]([C@@H]1C[C@H]2CC[C@H]1C2)n1c(COc2ccccc2F)nnc1S[C@@H]1CCOC1=O. The molecule has 3 aliphatic rings. The molecule has 2 aliphatic carbocycles. The molecule has 2 saturated carbocycles. The van der Waals surface area contributed by atoms with Gasteiger partial charge in [-0.3, -0.25) is 9.36 Å². The summed E-state index contributed by atoms with van der Waals surface area (Å²) in [4.78, 5) is 12.0. The Morgan fingerprint density at radius 2 is 2.13 bits per heavy atom. The van der Waals surface area contributed by atoms with Crippen molar-refractivity contribution in [1.29, 1.82) is 0 Å². The molecule has 0 unspecified atom stereocenters. The number of carbonyl (C=O) groups excluding carboxylic acids is 1. The van der Waals surface area contributed by atoms with Gasteiger partial charge >= 0.3 is 5.97 Å². The van der Waals surface area contributed by atoms with Gasteiger partial charge < -0.3 is 9.47 Å². The first-order chi connectivity index (χ1) is 14.6. The normalized spacial score (nSPS) is 28.7. The van der Waals surface area contributed by atoms with Crippen LogP contribution in [0.4, 0.5) is 4.39 Å². The second-order valence-electron chi connectivity index (χ2n) is 8.63. The van der Waals surface area contributed by atoms with Gasteiger partial charge in [0.1, 0.15) is 11.9 Å². The fourth-order valence-corrected chi connectivity index (χ4v) is 6.49. The summed E-state index contributed by atoms with van der Waals surface area (Å²) in [5.41, 5.74) is 0. The van der Waals surface area contributed by atoms with Gasteiger partial charge in [0.25, 0.3) is 0 Å². The van der Waals surface area contributed by atoms with Crippen molar-refractivity contribution in [3.05, 3.63) is 35.9 Å². The minimum absolute atomic E-state index is 0.134. The molecule has 1 aromatic heterocycles. The Hall–Kier alpha value is -2.09. The Labute approximate surface area is 179 Å². The number of esters is 1. The van der Waals surface area contributed by atoms with E-state index in [0.717, 1.165) is 17.0 Å². The van der Waals surface area contributed by atoms with Gasteiger partial charge in [0, 0.05) is 12.5 Å². The van der Waals surface area contributed by atoms with E-state index in [1.807, 2.05) is 0 Å². The zero-order valence-corrected chi connectivity index (χ0v) is 17.8. The number of hydrogen-bond acceptors (Lipinski definition) is 6. The van der Waals surface area contributed by atoms with Crippen molar-refractivity contribution in [3.8, 4) is 5.75 Å². The molecule has 3 fully saturated rings. The van der Waals surface area contributed by atoms with Crippen molar-refractivity contribution in [1.82, 2.24) is 14.8 Å². The fraction of sp³-hybridized carbons (Fsp3) is 0.591. The quantitative estimate of drug-likeness (QED) is 0.606. The molecule has 0 radical (unpaired) electrons. The maximum atomic E-state index is 14.0. The van der Waals surface area contributed by atoms with Crippen LogP contribution >= 0.6 is 11.8 Å². The van der Waals surface area contributed by atoms with Crippen LogP contribution in [-0.4, -0.2) is 32.6 Å². The average Bonchev–Trinajstić information content (AvgIpc) is 3.53. The van der Waals surface area contributed by atoms with E-state index in [4.69, 9.17) is 9.47 Å². The van der Waals surface area contributed by atoms with Crippen LogP contribution in [0.1, 0.15) is 50.9 Å². The van der Waals surface area contributed by atoms with Gasteiger partial charge in [-0.25, -0.2) is 4.39 Å². The molecule has 1 saturated heterocycles. The first-order valence-corrected chi connectivity index (χ1v) is 11.6. The first-order valence-electron chi connectivity index (χ1n) is 10.7. The van der Waals surface area contributed by atoms with Crippen LogP contribution in [-0.2, 0) is 16.1 Å². The monoisotopic (exact) mass is 431 g/mol. The fourth-order valence-electron chi connectivity index (χ4n) is 5.39. The van der Waals surface area contributed by atoms with E-state index in [9.17, 15) is 9.18 Å². The summed E-state index contributed by atoms with van der Waals surface area (Å²) in [5, 5.41) is 9.25. The van der Waals surface area contributed by atoms with Crippen molar-refractivity contribution in [2.24, 2.45) is 17.8 Å². The van der Waals surface area contributed by atoms with Gasteiger partial charge in [0.15, 0.2) is 22.5 Å². The average molecular weight is 432 g/mol. The molecule has 0 amide bonds. The third-order valence-electron chi connectivity index (χ3n) is 6.88. The second-order valence-corrected chi connectivity index (χ2v) is 9.80. The lowest BCUT2D eigenvalue weighted by Gasteiger charge is -2.30. The summed E-state index contributed by atoms with van der Waals surface area (Å²) in [6, 6.07) is 6.57. The lowest BCUT2D eigenvalue weighted by molar-refractivity contribution is -0.137. The molecule has 0 N–H and O–H groups in total. The minimum atomic E-state index is -0.395. The van der Waals surface area contributed by atoms with E-state index >= 15 is 0 Å². The molecule has 160 valence electrons. The number of ether oxygens (including phenoxy) is 2. The van der Waals surface area contributed by atoms with Crippen molar-refractivity contribution >= 4 is 17.7 Å². The lowest BCUT2D eigenvalue weighted by Crippen LogP contribution is -2.25. The number of cyclic esters (lactones) is 1. The van der Waals surface area contributed by atoms with Crippen LogP contribution in [0.3, 0.4) is 0 Å². The predicted molar refractivity (Wildman–Crippen MR) is 110 cm³/mol. The van der Waals surface area contributed by atoms with Crippen LogP contribution in [0.5, 0.6) is 5.75 Å². The van der Waals surface area contributed by atoms with Crippen molar-refractivity contribution in [3.63, 3.8) is 0 Å². The number of aromatic nitrogens is 3. The summed E-state index contributed by atoms with van der Waals surface area (Å²) in [6.45, 7) is 2.81. The van der Waals surface area contributed by atoms with Crippen LogP contribution in [0.15, 0.2) is 29.4 Å². The van der Waals surface area contributed by atoms with Crippen LogP contribution < -0.4 is 4.74 Å². The molecule has 2 bridgehead atoms. The molecule has 1 aromatic carbocycles. The van der Waals surface area contributed by atoms with Gasteiger partial charge in [-0.05, 0) is 56.1 Å². The molecular weight excluding hydrogens is 405 g/mol. The summed E-state index contributed by atoms with van der Waals surface area (Å²) < 4.78 is 27.0. The molecular formula is C22H26FN3O3S. The number of hydrogen-bond donors (Lipinski definition) is 0. The number of nitrogens with zero attached hydrogens (tertiary/aromatic N) is 3. The highest BCUT2D eigenvalue weighted by molar-refractivity contribution is 8.00.